The fraction of sp³-hybridized carbons (Fsp3) is 0.0889. The van der Waals surface area contributed by atoms with Gasteiger partial charge in [0.25, 0.3) is 0 Å². The van der Waals surface area contributed by atoms with Crippen molar-refractivity contribution >= 4 is 61.0 Å². The lowest BCUT2D eigenvalue weighted by Crippen LogP contribution is -2.03. The van der Waals surface area contributed by atoms with Crippen LogP contribution >= 0.6 is 0 Å². The van der Waals surface area contributed by atoms with Crippen LogP contribution in [0.1, 0.15) is 61.6 Å². The highest BCUT2D eigenvalue weighted by Gasteiger charge is 2.19. The van der Waals surface area contributed by atoms with Gasteiger partial charge >= 0.3 is 0 Å². The van der Waals surface area contributed by atoms with E-state index in [0.717, 1.165) is 61.4 Å². The molecule has 0 atom stereocenters. The fourth-order valence-electron chi connectivity index (χ4n) is 7.29. The van der Waals surface area contributed by atoms with Crippen molar-refractivity contribution in [3.63, 3.8) is 0 Å². The highest BCUT2D eigenvalue weighted by atomic mass is 16.1. The molecule has 242 valence electrons. The molecule has 0 unspecified atom stereocenters. The highest BCUT2D eigenvalue weighted by Crippen LogP contribution is 2.34. The van der Waals surface area contributed by atoms with Gasteiger partial charge in [-0.3, -0.25) is 14.4 Å². The first-order valence-electron chi connectivity index (χ1n) is 16.9. The summed E-state index contributed by atoms with van der Waals surface area (Å²) in [5, 5.41) is 3.95. The van der Waals surface area contributed by atoms with Crippen molar-refractivity contribution in [3.05, 3.63) is 173 Å². The molecule has 0 amide bonds. The number of nitrogens with zero attached hydrogens (tertiary/aromatic N) is 2. The number of fused-ring (bicyclic) bond motifs is 6. The van der Waals surface area contributed by atoms with E-state index in [0.29, 0.717) is 27.8 Å². The summed E-state index contributed by atoms with van der Waals surface area (Å²) < 4.78 is 4.39. The number of benzene rings is 6. The first-order valence-corrected chi connectivity index (χ1v) is 16.9. The van der Waals surface area contributed by atoms with Crippen LogP contribution in [0, 0.1) is 6.92 Å². The van der Waals surface area contributed by atoms with E-state index in [1.807, 2.05) is 129 Å². The van der Waals surface area contributed by atoms with E-state index < -0.39 is 0 Å². The van der Waals surface area contributed by atoms with E-state index in [1.54, 1.807) is 12.2 Å². The maximum Gasteiger partial charge on any atom is 0.193 e. The summed E-state index contributed by atoms with van der Waals surface area (Å²) in [5.41, 5.74) is 9.07. The topological polar surface area (TPSA) is 61.1 Å². The molecule has 0 aliphatic carbocycles. The average molecular weight is 651 g/mol. The van der Waals surface area contributed by atoms with Crippen LogP contribution in [-0.4, -0.2) is 26.5 Å². The van der Waals surface area contributed by atoms with Gasteiger partial charge in [0, 0.05) is 72.6 Å². The average Bonchev–Trinajstić information content (AvgIpc) is 3.66. The number of hydrogen-bond acceptors (Lipinski definition) is 3. The molecule has 8 aromatic rings. The number of aromatic nitrogens is 2. The predicted octanol–water partition coefficient (Wildman–Crippen LogP) is 10.4. The van der Waals surface area contributed by atoms with Gasteiger partial charge in [-0.2, -0.15) is 0 Å². The lowest BCUT2D eigenvalue weighted by molar-refractivity contribution is 0.103. The normalized spacial score (nSPS) is 11.7. The van der Waals surface area contributed by atoms with Crippen LogP contribution in [0.2, 0.25) is 0 Å². The fourth-order valence-corrected chi connectivity index (χ4v) is 7.29. The van der Waals surface area contributed by atoms with Crippen LogP contribution in [0.3, 0.4) is 0 Å². The van der Waals surface area contributed by atoms with Gasteiger partial charge in [-0.1, -0.05) is 48.5 Å². The molecule has 2 aromatic heterocycles. The van der Waals surface area contributed by atoms with E-state index in [-0.39, 0.29) is 17.3 Å². The Bertz CT molecular complexity index is 2700. The van der Waals surface area contributed by atoms with Crippen molar-refractivity contribution in [3.8, 4) is 5.69 Å². The number of hydrogen-bond donors (Lipinski definition) is 0. The molecule has 0 N–H and O–H groups in total. The van der Waals surface area contributed by atoms with Crippen molar-refractivity contribution in [2.24, 2.45) is 0 Å². The van der Waals surface area contributed by atoms with Crippen LogP contribution in [0.4, 0.5) is 0 Å². The molecule has 0 fully saturated rings. The van der Waals surface area contributed by atoms with E-state index in [1.165, 1.54) is 0 Å². The van der Waals surface area contributed by atoms with Crippen LogP contribution in [-0.2, 0) is 6.54 Å². The molecule has 5 heteroatoms. The minimum absolute atomic E-state index is 0.0134. The zero-order valence-electron chi connectivity index (χ0n) is 28.1. The summed E-state index contributed by atoms with van der Waals surface area (Å²) in [4.78, 5) is 40.1. The zero-order chi connectivity index (χ0) is 34.5. The summed E-state index contributed by atoms with van der Waals surface area (Å²) in [6.45, 7) is 6.65. The molecule has 6 aromatic carbocycles. The summed E-state index contributed by atoms with van der Waals surface area (Å²) in [6, 6.07) is 41.1. The lowest BCUT2D eigenvalue weighted by atomic mass is 9.97. The Morgan fingerprint density at radius 2 is 1.10 bits per heavy atom. The van der Waals surface area contributed by atoms with Gasteiger partial charge in [0.2, 0.25) is 0 Å². The lowest BCUT2D eigenvalue weighted by Gasteiger charge is -2.09. The van der Waals surface area contributed by atoms with Crippen molar-refractivity contribution in [2.45, 2.75) is 27.3 Å². The zero-order valence-corrected chi connectivity index (χ0v) is 28.1. The Morgan fingerprint density at radius 3 is 1.78 bits per heavy atom. The third-order valence-electron chi connectivity index (χ3n) is 9.76. The summed E-state index contributed by atoms with van der Waals surface area (Å²) >= 11 is 0. The molecule has 2 heterocycles. The second kappa shape index (κ2) is 12.3. The van der Waals surface area contributed by atoms with Crippen molar-refractivity contribution < 1.29 is 14.4 Å². The Balaban J connectivity index is 1.17. The number of carbonyl (C=O) groups excluding carboxylic acids is 3. The van der Waals surface area contributed by atoms with E-state index in [4.69, 9.17) is 0 Å². The molecule has 50 heavy (non-hydrogen) atoms. The predicted molar refractivity (Wildman–Crippen MR) is 203 cm³/mol. The van der Waals surface area contributed by atoms with Crippen LogP contribution in [0.5, 0.6) is 0 Å². The number of rotatable bonds is 8. The number of carbonyl (C=O) groups is 3. The molecule has 0 spiro atoms. The number of ketones is 3. The Hall–Kier alpha value is -6.33. The molecule has 0 bridgehead atoms. The van der Waals surface area contributed by atoms with E-state index in [9.17, 15) is 14.4 Å². The molecular formula is C45H34N2O3. The summed E-state index contributed by atoms with van der Waals surface area (Å²) in [5.74, 6) is -0.111. The molecule has 0 radical (unpaired) electrons. The third-order valence-corrected chi connectivity index (χ3v) is 9.76. The van der Waals surface area contributed by atoms with E-state index >= 15 is 0 Å². The first kappa shape index (κ1) is 31.0. The largest absolute Gasteiger partial charge is 0.341 e. The highest BCUT2D eigenvalue weighted by molar-refractivity contribution is 6.18. The Labute approximate surface area is 289 Å². The summed E-state index contributed by atoms with van der Waals surface area (Å²) in [6.07, 6.45) is 3.34. The van der Waals surface area contributed by atoms with Gasteiger partial charge in [-0.25, -0.2) is 0 Å². The Kier molecular flexibility index (Phi) is 7.61. The van der Waals surface area contributed by atoms with Gasteiger partial charge in [0.1, 0.15) is 0 Å². The molecule has 0 aliphatic heterocycles. The monoisotopic (exact) mass is 650 g/mol. The quantitative estimate of drug-likeness (QED) is 0.121. The number of aryl methyl sites for hydroxylation is 2. The van der Waals surface area contributed by atoms with Crippen molar-refractivity contribution in [2.75, 3.05) is 0 Å². The molecule has 5 nitrogen and oxygen atoms in total. The van der Waals surface area contributed by atoms with Crippen molar-refractivity contribution in [1.29, 1.82) is 0 Å². The minimum atomic E-state index is -0.0719. The van der Waals surface area contributed by atoms with Gasteiger partial charge in [-0.05, 0) is 117 Å². The van der Waals surface area contributed by atoms with Gasteiger partial charge in [0.05, 0.1) is 11.0 Å². The van der Waals surface area contributed by atoms with E-state index in [2.05, 4.69) is 28.2 Å². The number of para-hydroxylation sites is 1. The van der Waals surface area contributed by atoms with Gasteiger partial charge in [0.15, 0.2) is 17.3 Å². The Morgan fingerprint density at radius 1 is 0.560 bits per heavy atom. The maximum atomic E-state index is 14.0. The van der Waals surface area contributed by atoms with Gasteiger partial charge in [-0.15, -0.1) is 0 Å². The molecule has 0 saturated heterocycles. The standard InChI is InChI=1S/C45H34N2O3/c1-4-10-43(48)30-17-24-42-36(25-30)35-13-8-9-14-41(35)47(42)33-20-15-29(16-21-33)44(49)31-18-22-39-37(26-31)38-27-32(19-23-40(38)46(39)5-2)45(50)34-12-7-6-11-28(34)3/h4,6-27H,5H2,1-3H3/b10-4+. The maximum absolute atomic E-state index is 14.0. The second-order valence-electron chi connectivity index (χ2n) is 12.7. The third kappa shape index (κ3) is 4.98. The SMILES string of the molecule is C/C=C/C(=O)c1ccc2c(c1)c1ccccc1n2-c1ccc(C(=O)c2ccc3c(c2)c2cc(C(=O)c4ccccc4C)ccc2n3CC)cc1. The first-order chi connectivity index (χ1) is 24.4. The van der Waals surface area contributed by atoms with Gasteiger partial charge < -0.3 is 9.13 Å². The van der Waals surface area contributed by atoms with Crippen molar-refractivity contribution in [1.82, 2.24) is 9.13 Å². The smallest absolute Gasteiger partial charge is 0.193 e. The molecule has 0 aliphatic rings. The van der Waals surface area contributed by atoms with Crippen LogP contribution in [0.15, 0.2) is 140 Å². The number of allylic oxidation sites excluding steroid dienone is 2. The molecule has 0 saturated carbocycles. The molecule has 8 rings (SSSR count). The summed E-state index contributed by atoms with van der Waals surface area (Å²) in [7, 11) is 0. The van der Waals surface area contributed by atoms with Crippen LogP contribution < -0.4 is 0 Å². The minimum Gasteiger partial charge on any atom is -0.341 e. The van der Waals surface area contributed by atoms with Crippen LogP contribution in [0.25, 0.3) is 49.3 Å². The second-order valence-corrected chi connectivity index (χ2v) is 12.7. The molecular weight excluding hydrogens is 617 g/mol.